The highest BCUT2D eigenvalue weighted by atomic mass is 19.1. The molecular formula is C17H19F2N. The fourth-order valence-corrected chi connectivity index (χ4v) is 2.23. The molecule has 0 fully saturated rings. The van der Waals surface area contributed by atoms with Crippen LogP contribution in [0.15, 0.2) is 48.5 Å². The summed E-state index contributed by atoms with van der Waals surface area (Å²) in [6, 6.07) is 13.1. The lowest BCUT2D eigenvalue weighted by Gasteiger charge is -2.19. The normalized spacial score (nSPS) is 12.3. The van der Waals surface area contributed by atoms with Crippen molar-refractivity contribution in [3.8, 4) is 0 Å². The summed E-state index contributed by atoms with van der Waals surface area (Å²) in [5.41, 5.74) is 1.49. The van der Waals surface area contributed by atoms with Crippen LogP contribution in [0.3, 0.4) is 0 Å². The van der Waals surface area contributed by atoms with Gasteiger partial charge in [-0.05, 0) is 48.7 Å². The van der Waals surface area contributed by atoms with Crippen LogP contribution in [0.1, 0.15) is 30.5 Å². The molecule has 0 aliphatic carbocycles. The summed E-state index contributed by atoms with van der Waals surface area (Å²) >= 11 is 0. The Labute approximate surface area is 118 Å². The van der Waals surface area contributed by atoms with E-state index in [0.717, 1.165) is 18.5 Å². The van der Waals surface area contributed by atoms with Crippen molar-refractivity contribution >= 4 is 0 Å². The quantitative estimate of drug-likeness (QED) is 0.831. The smallest absolute Gasteiger partial charge is 0.126 e. The Morgan fingerprint density at radius 3 is 2.55 bits per heavy atom. The van der Waals surface area contributed by atoms with Crippen LogP contribution in [0, 0.1) is 11.6 Å². The highest BCUT2D eigenvalue weighted by molar-refractivity contribution is 5.25. The fraction of sp³-hybridized carbons (Fsp3) is 0.294. The van der Waals surface area contributed by atoms with Gasteiger partial charge in [-0.25, -0.2) is 8.78 Å². The van der Waals surface area contributed by atoms with E-state index in [2.05, 4.69) is 12.2 Å². The molecule has 20 heavy (non-hydrogen) atoms. The van der Waals surface area contributed by atoms with Crippen molar-refractivity contribution in [2.75, 3.05) is 6.54 Å². The lowest BCUT2D eigenvalue weighted by molar-refractivity contribution is 0.509. The molecule has 0 aliphatic heterocycles. The van der Waals surface area contributed by atoms with Crippen LogP contribution in [0.2, 0.25) is 0 Å². The lowest BCUT2D eigenvalue weighted by atomic mass is 9.98. The molecule has 1 unspecified atom stereocenters. The van der Waals surface area contributed by atoms with Crippen LogP contribution in [0.5, 0.6) is 0 Å². The van der Waals surface area contributed by atoms with E-state index in [0.29, 0.717) is 12.0 Å². The van der Waals surface area contributed by atoms with Crippen molar-refractivity contribution in [3.63, 3.8) is 0 Å². The molecule has 0 saturated heterocycles. The van der Waals surface area contributed by atoms with E-state index < -0.39 is 0 Å². The zero-order valence-corrected chi connectivity index (χ0v) is 11.6. The molecule has 3 heteroatoms. The van der Waals surface area contributed by atoms with E-state index in [1.54, 1.807) is 18.2 Å². The second-order valence-electron chi connectivity index (χ2n) is 4.86. The summed E-state index contributed by atoms with van der Waals surface area (Å²) < 4.78 is 27.1. The van der Waals surface area contributed by atoms with E-state index in [-0.39, 0.29) is 17.7 Å². The SMILES string of the molecule is CCCNC(Cc1ccccc1F)c1cccc(F)c1. The second-order valence-corrected chi connectivity index (χ2v) is 4.86. The molecule has 0 amide bonds. The monoisotopic (exact) mass is 275 g/mol. The molecule has 106 valence electrons. The standard InChI is InChI=1S/C17H19F2N/c1-2-10-20-17(14-7-5-8-15(18)11-14)12-13-6-3-4-9-16(13)19/h3-9,11,17,20H,2,10,12H2,1H3. The highest BCUT2D eigenvalue weighted by Crippen LogP contribution is 2.21. The summed E-state index contributed by atoms with van der Waals surface area (Å²) in [4.78, 5) is 0. The molecule has 0 heterocycles. The number of halogens is 2. The van der Waals surface area contributed by atoms with Gasteiger partial charge in [0.05, 0.1) is 0 Å². The zero-order valence-electron chi connectivity index (χ0n) is 11.6. The molecule has 2 rings (SSSR count). The molecule has 2 aromatic rings. The second kappa shape index (κ2) is 7.15. The van der Waals surface area contributed by atoms with Gasteiger partial charge in [-0.15, -0.1) is 0 Å². The largest absolute Gasteiger partial charge is 0.310 e. The Bertz CT molecular complexity index is 554. The molecule has 0 saturated carbocycles. The van der Waals surface area contributed by atoms with Gasteiger partial charge in [-0.3, -0.25) is 0 Å². The third-order valence-electron chi connectivity index (χ3n) is 3.27. The minimum absolute atomic E-state index is 0.0810. The Hall–Kier alpha value is -1.74. The van der Waals surface area contributed by atoms with Crippen molar-refractivity contribution in [2.45, 2.75) is 25.8 Å². The predicted molar refractivity (Wildman–Crippen MR) is 77.5 cm³/mol. The Morgan fingerprint density at radius 2 is 1.85 bits per heavy atom. The van der Waals surface area contributed by atoms with Gasteiger partial charge >= 0.3 is 0 Å². The maximum atomic E-state index is 13.8. The van der Waals surface area contributed by atoms with Crippen LogP contribution in [-0.2, 0) is 6.42 Å². The number of hydrogen-bond donors (Lipinski definition) is 1. The molecule has 0 aliphatic rings. The minimum atomic E-state index is -0.265. The van der Waals surface area contributed by atoms with Gasteiger partial charge in [-0.2, -0.15) is 0 Å². The van der Waals surface area contributed by atoms with Crippen molar-refractivity contribution in [2.24, 2.45) is 0 Å². The summed E-state index contributed by atoms with van der Waals surface area (Å²) in [5.74, 6) is -0.480. The molecule has 0 radical (unpaired) electrons. The number of hydrogen-bond acceptors (Lipinski definition) is 1. The topological polar surface area (TPSA) is 12.0 Å². The van der Waals surface area contributed by atoms with Gasteiger partial charge < -0.3 is 5.32 Å². The van der Waals surface area contributed by atoms with E-state index in [4.69, 9.17) is 0 Å². The van der Waals surface area contributed by atoms with Gasteiger partial charge in [-0.1, -0.05) is 37.3 Å². The first-order valence-electron chi connectivity index (χ1n) is 6.93. The van der Waals surface area contributed by atoms with E-state index in [9.17, 15) is 8.78 Å². The third-order valence-corrected chi connectivity index (χ3v) is 3.27. The van der Waals surface area contributed by atoms with Crippen LogP contribution >= 0.6 is 0 Å². The average molecular weight is 275 g/mol. The van der Waals surface area contributed by atoms with Gasteiger partial charge in [0, 0.05) is 6.04 Å². The van der Waals surface area contributed by atoms with Crippen LogP contribution in [0.25, 0.3) is 0 Å². The number of benzene rings is 2. The molecule has 2 aromatic carbocycles. The molecule has 1 atom stereocenters. The molecule has 1 N–H and O–H groups in total. The first-order chi connectivity index (χ1) is 9.70. The summed E-state index contributed by atoms with van der Waals surface area (Å²) in [6.07, 6.45) is 1.49. The maximum Gasteiger partial charge on any atom is 0.126 e. The molecule has 0 aromatic heterocycles. The Kier molecular flexibility index (Phi) is 5.24. The van der Waals surface area contributed by atoms with Gasteiger partial charge in [0.1, 0.15) is 11.6 Å². The third kappa shape index (κ3) is 3.87. The zero-order chi connectivity index (χ0) is 14.4. The molecular weight excluding hydrogens is 256 g/mol. The van der Waals surface area contributed by atoms with Crippen LogP contribution < -0.4 is 5.32 Å². The van der Waals surface area contributed by atoms with Crippen molar-refractivity contribution < 1.29 is 8.78 Å². The van der Waals surface area contributed by atoms with Gasteiger partial charge in [0.25, 0.3) is 0 Å². The van der Waals surface area contributed by atoms with Gasteiger partial charge in [0.2, 0.25) is 0 Å². The minimum Gasteiger partial charge on any atom is -0.310 e. The number of nitrogens with one attached hydrogen (secondary N) is 1. The van der Waals surface area contributed by atoms with Crippen LogP contribution in [-0.4, -0.2) is 6.54 Å². The highest BCUT2D eigenvalue weighted by Gasteiger charge is 2.14. The molecule has 0 spiro atoms. The summed E-state index contributed by atoms with van der Waals surface area (Å²) in [5, 5.41) is 3.36. The average Bonchev–Trinajstić information content (AvgIpc) is 2.45. The summed E-state index contributed by atoms with van der Waals surface area (Å²) in [7, 11) is 0. The van der Waals surface area contributed by atoms with Crippen molar-refractivity contribution in [1.82, 2.24) is 5.32 Å². The predicted octanol–water partition coefficient (Wildman–Crippen LogP) is 4.25. The first-order valence-corrected chi connectivity index (χ1v) is 6.93. The molecule has 0 bridgehead atoms. The van der Waals surface area contributed by atoms with Crippen LogP contribution in [0.4, 0.5) is 8.78 Å². The Morgan fingerprint density at radius 1 is 1.05 bits per heavy atom. The van der Waals surface area contributed by atoms with Crippen molar-refractivity contribution in [3.05, 3.63) is 71.3 Å². The van der Waals surface area contributed by atoms with Crippen molar-refractivity contribution in [1.29, 1.82) is 0 Å². The summed E-state index contributed by atoms with van der Waals surface area (Å²) in [6.45, 7) is 2.88. The number of rotatable bonds is 6. The van der Waals surface area contributed by atoms with E-state index >= 15 is 0 Å². The Balaban J connectivity index is 2.21. The lowest BCUT2D eigenvalue weighted by Crippen LogP contribution is -2.24. The fourth-order valence-electron chi connectivity index (χ4n) is 2.23. The van der Waals surface area contributed by atoms with E-state index in [1.807, 2.05) is 12.1 Å². The molecule has 1 nitrogen and oxygen atoms in total. The maximum absolute atomic E-state index is 13.8. The van der Waals surface area contributed by atoms with E-state index in [1.165, 1.54) is 18.2 Å². The van der Waals surface area contributed by atoms with Gasteiger partial charge in [0.15, 0.2) is 0 Å². The first kappa shape index (κ1) is 14.7.